The van der Waals surface area contributed by atoms with Gasteiger partial charge in [0.1, 0.15) is 28.6 Å². The summed E-state index contributed by atoms with van der Waals surface area (Å²) in [6, 6.07) is 18.1. The van der Waals surface area contributed by atoms with Crippen LogP contribution in [0.3, 0.4) is 0 Å². The van der Waals surface area contributed by atoms with Crippen LogP contribution < -0.4 is 32.4 Å². The van der Waals surface area contributed by atoms with Gasteiger partial charge in [-0.05, 0) is 71.4 Å². The van der Waals surface area contributed by atoms with E-state index in [4.69, 9.17) is 32.4 Å². The summed E-state index contributed by atoms with van der Waals surface area (Å²) in [5.74, 6) is 0.283. The molecule has 31 heavy (non-hydrogen) atoms. The lowest BCUT2D eigenvalue weighted by molar-refractivity contribution is 0.0694. The maximum atomic E-state index is 11.9. The lowest BCUT2D eigenvalue weighted by Crippen LogP contribution is -2.02. The molecule has 4 rings (SSSR count). The average molecular weight is 416 g/mol. The van der Waals surface area contributed by atoms with Crippen LogP contribution in [-0.4, -0.2) is 11.1 Å². The number of carbonyl (C=O) groups is 1. The molecule has 156 valence electrons. The number of ether oxygens (including phenoxy) is 2. The number of benzene rings is 4. The smallest absolute Gasteiger partial charge is 0.339 e. The van der Waals surface area contributed by atoms with Crippen molar-refractivity contribution in [3.05, 3.63) is 72.3 Å². The zero-order chi connectivity index (χ0) is 22.1. The summed E-state index contributed by atoms with van der Waals surface area (Å²) in [4.78, 5) is 11.9. The van der Waals surface area contributed by atoms with Gasteiger partial charge in [0.2, 0.25) is 0 Å². The molecule has 0 bridgehead atoms. The van der Waals surface area contributed by atoms with Crippen molar-refractivity contribution in [3.8, 4) is 23.0 Å². The van der Waals surface area contributed by atoms with Crippen LogP contribution in [0.4, 0.5) is 22.7 Å². The van der Waals surface area contributed by atoms with Gasteiger partial charge in [0.05, 0.1) is 11.4 Å². The third kappa shape index (κ3) is 4.08. The molecule has 0 saturated heterocycles. The number of fused-ring (bicyclic) bond motifs is 1. The van der Waals surface area contributed by atoms with E-state index < -0.39 is 5.97 Å². The molecule has 0 aliphatic rings. The zero-order valence-corrected chi connectivity index (χ0v) is 16.3. The second-order valence-electron chi connectivity index (χ2n) is 6.96. The molecule has 0 radical (unpaired) electrons. The van der Waals surface area contributed by atoms with Gasteiger partial charge in [-0.15, -0.1) is 0 Å². The van der Waals surface area contributed by atoms with Crippen molar-refractivity contribution < 1.29 is 19.4 Å². The summed E-state index contributed by atoms with van der Waals surface area (Å²) >= 11 is 0. The fourth-order valence-corrected chi connectivity index (χ4v) is 3.14. The van der Waals surface area contributed by atoms with E-state index in [2.05, 4.69) is 0 Å². The third-order valence-corrected chi connectivity index (χ3v) is 4.66. The van der Waals surface area contributed by atoms with Gasteiger partial charge in [0, 0.05) is 11.4 Å². The van der Waals surface area contributed by atoms with Crippen LogP contribution in [0.25, 0.3) is 10.8 Å². The first-order chi connectivity index (χ1) is 14.8. The lowest BCUT2D eigenvalue weighted by atomic mass is 10.1. The first-order valence-corrected chi connectivity index (χ1v) is 9.27. The Balaban J connectivity index is 1.72. The molecule has 0 aliphatic carbocycles. The van der Waals surface area contributed by atoms with Crippen molar-refractivity contribution in [2.75, 3.05) is 22.9 Å². The Morgan fingerprint density at radius 1 is 0.645 bits per heavy atom. The normalized spacial score (nSPS) is 10.7. The summed E-state index contributed by atoms with van der Waals surface area (Å²) < 4.78 is 11.6. The number of carboxylic acid groups (broad SMARTS) is 1. The number of rotatable bonds is 5. The van der Waals surface area contributed by atoms with Gasteiger partial charge in [-0.2, -0.15) is 0 Å². The highest BCUT2D eigenvalue weighted by atomic mass is 16.5. The van der Waals surface area contributed by atoms with Gasteiger partial charge in [0.25, 0.3) is 0 Å². The van der Waals surface area contributed by atoms with Gasteiger partial charge >= 0.3 is 5.97 Å². The van der Waals surface area contributed by atoms with Crippen molar-refractivity contribution in [1.82, 2.24) is 0 Å². The Hall–Kier alpha value is -4.59. The standard InChI is InChI=1S/C23H20N4O4/c24-14-2-5-20(18(26)10-14)30-16-4-1-12-9-22(17(23(28)29)8-13(12)7-16)31-21-6-3-15(25)11-19(21)27/h1-11H,24-27H2,(H,28,29). The minimum Gasteiger partial charge on any atom is -0.478 e. The Kier molecular flexibility index (Phi) is 4.88. The van der Waals surface area contributed by atoms with E-state index in [0.717, 1.165) is 5.39 Å². The van der Waals surface area contributed by atoms with E-state index in [9.17, 15) is 9.90 Å². The first-order valence-electron chi connectivity index (χ1n) is 9.27. The fourth-order valence-electron chi connectivity index (χ4n) is 3.14. The van der Waals surface area contributed by atoms with E-state index in [-0.39, 0.29) is 11.3 Å². The van der Waals surface area contributed by atoms with Crippen LogP contribution in [0.2, 0.25) is 0 Å². The number of hydrogen-bond donors (Lipinski definition) is 5. The highest BCUT2D eigenvalue weighted by Gasteiger charge is 2.16. The molecule has 0 fully saturated rings. The number of hydrogen-bond acceptors (Lipinski definition) is 7. The van der Waals surface area contributed by atoms with Crippen LogP contribution in [0, 0.1) is 0 Å². The third-order valence-electron chi connectivity index (χ3n) is 4.66. The van der Waals surface area contributed by atoms with E-state index in [1.54, 1.807) is 60.7 Å². The van der Waals surface area contributed by atoms with Crippen molar-refractivity contribution in [1.29, 1.82) is 0 Å². The number of nitrogen functional groups attached to an aromatic ring is 4. The molecule has 9 N–H and O–H groups in total. The number of nitrogens with two attached hydrogens (primary N) is 4. The zero-order valence-electron chi connectivity index (χ0n) is 16.3. The summed E-state index contributed by atoms with van der Waals surface area (Å²) in [5, 5.41) is 11.1. The topological polar surface area (TPSA) is 160 Å². The molecule has 0 heterocycles. The van der Waals surface area contributed by atoms with Crippen LogP contribution >= 0.6 is 0 Å². The van der Waals surface area contributed by atoms with E-state index in [1.165, 1.54) is 6.07 Å². The minimum absolute atomic E-state index is 0.0205. The molecule has 0 unspecified atom stereocenters. The fraction of sp³-hybridized carbons (Fsp3) is 0. The van der Waals surface area contributed by atoms with Crippen LogP contribution in [0.5, 0.6) is 23.0 Å². The van der Waals surface area contributed by atoms with Crippen molar-refractivity contribution in [3.63, 3.8) is 0 Å². The van der Waals surface area contributed by atoms with Gasteiger partial charge in [-0.1, -0.05) is 6.07 Å². The Bertz CT molecular complexity index is 1320. The quantitative estimate of drug-likeness (QED) is 0.298. The second-order valence-corrected chi connectivity index (χ2v) is 6.96. The second kappa shape index (κ2) is 7.68. The van der Waals surface area contributed by atoms with E-state index in [1.807, 2.05) is 0 Å². The molecule has 8 heteroatoms. The molecular formula is C23H20N4O4. The molecule has 0 amide bonds. The van der Waals surface area contributed by atoms with Gasteiger partial charge in [-0.25, -0.2) is 4.79 Å². The van der Waals surface area contributed by atoms with E-state index >= 15 is 0 Å². The summed E-state index contributed by atoms with van der Waals surface area (Å²) in [7, 11) is 0. The predicted octanol–water partition coefficient (Wildman–Crippen LogP) is 4.45. The molecule has 0 spiro atoms. The lowest BCUT2D eigenvalue weighted by Gasteiger charge is -2.14. The SMILES string of the molecule is Nc1ccc(Oc2ccc3cc(Oc4ccc(N)cc4N)c(C(=O)O)cc3c2)c(N)c1. The molecule has 0 aliphatic heterocycles. The van der Waals surface area contributed by atoms with Crippen molar-refractivity contribution in [2.45, 2.75) is 0 Å². The Morgan fingerprint density at radius 3 is 1.84 bits per heavy atom. The summed E-state index contributed by atoms with van der Waals surface area (Å²) in [6.45, 7) is 0. The summed E-state index contributed by atoms with van der Waals surface area (Å²) in [5.41, 5.74) is 25.0. The van der Waals surface area contributed by atoms with Crippen LogP contribution in [-0.2, 0) is 0 Å². The van der Waals surface area contributed by atoms with Crippen LogP contribution in [0.1, 0.15) is 10.4 Å². The van der Waals surface area contributed by atoms with Gasteiger partial charge < -0.3 is 37.5 Å². The molecule has 4 aromatic rings. The molecule has 8 nitrogen and oxygen atoms in total. The highest BCUT2D eigenvalue weighted by molar-refractivity contribution is 5.98. The maximum Gasteiger partial charge on any atom is 0.339 e. The van der Waals surface area contributed by atoms with E-state index in [0.29, 0.717) is 45.4 Å². The molecule has 0 atom stereocenters. The number of anilines is 4. The molecule has 0 saturated carbocycles. The van der Waals surface area contributed by atoms with Gasteiger partial charge in [0.15, 0.2) is 0 Å². The first kappa shape index (κ1) is 19.7. The Morgan fingerprint density at radius 2 is 1.26 bits per heavy atom. The highest BCUT2D eigenvalue weighted by Crippen LogP contribution is 2.36. The van der Waals surface area contributed by atoms with Crippen LogP contribution in [0.15, 0.2) is 66.7 Å². The average Bonchev–Trinajstić information content (AvgIpc) is 2.71. The number of carboxylic acids is 1. The van der Waals surface area contributed by atoms with Crippen molar-refractivity contribution in [2.24, 2.45) is 0 Å². The van der Waals surface area contributed by atoms with Crippen molar-refractivity contribution >= 4 is 39.5 Å². The van der Waals surface area contributed by atoms with Gasteiger partial charge in [-0.3, -0.25) is 0 Å². The number of aromatic carboxylic acids is 1. The molecule has 0 aromatic heterocycles. The molecule has 4 aromatic carbocycles. The predicted molar refractivity (Wildman–Crippen MR) is 122 cm³/mol. The molecular weight excluding hydrogens is 396 g/mol. The monoisotopic (exact) mass is 416 g/mol. The minimum atomic E-state index is -1.14. The summed E-state index contributed by atoms with van der Waals surface area (Å²) in [6.07, 6.45) is 0. The maximum absolute atomic E-state index is 11.9. The largest absolute Gasteiger partial charge is 0.478 e. The Labute approximate surface area is 177 Å².